The zero-order valence-electron chi connectivity index (χ0n) is 15.8. The summed E-state index contributed by atoms with van der Waals surface area (Å²) in [6.45, 7) is 6.48. The lowest BCUT2D eigenvalue weighted by atomic mass is 10.1. The van der Waals surface area contributed by atoms with Gasteiger partial charge in [0, 0.05) is 30.2 Å². The number of nitrogens with one attached hydrogen (secondary N) is 1. The standard InChI is InChI=1S/C21H23N5O/c1-14-10-16(3)26(24-14)20-9-8-17(12-22-20)13-23-21(27)25-15(2)11-18-6-4-5-7-19(18)25/h4-10,12,15H,11,13H2,1-3H3,(H,23,27). The van der Waals surface area contributed by atoms with Gasteiger partial charge in [-0.2, -0.15) is 5.10 Å². The summed E-state index contributed by atoms with van der Waals surface area (Å²) in [7, 11) is 0. The molecule has 6 nitrogen and oxygen atoms in total. The Balaban J connectivity index is 1.43. The predicted octanol–water partition coefficient (Wildman–Crippen LogP) is 3.54. The van der Waals surface area contributed by atoms with Gasteiger partial charge in [-0.3, -0.25) is 4.90 Å². The Morgan fingerprint density at radius 3 is 2.74 bits per heavy atom. The third-order valence-corrected chi connectivity index (χ3v) is 4.91. The number of hydrogen-bond acceptors (Lipinski definition) is 3. The molecule has 6 heteroatoms. The van der Waals surface area contributed by atoms with E-state index in [1.54, 1.807) is 6.20 Å². The molecule has 2 amide bonds. The first-order chi connectivity index (χ1) is 13.0. The summed E-state index contributed by atoms with van der Waals surface area (Å²) in [6, 6.07) is 14.1. The second-order valence-electron chi connectivity index (χ2n) is 7.07. The van der Waals surface area contributed by atoms with Crippen molar-refractivity contribution in [2.45, 2.75) is 39.8 Å². The number of carbonyl (C=O) groups is 1. The summed E-state index contributed by atoms with van der Waals surface area (Å²) < 4.78 is 1.82. The van der Waals surface area contributed by atoms with Crippen LogP contribution in [-0.4, -0.2) is 26.8 Å². The summed E-state index contributed by atoms with van der Waals surface area (Å²) in [5.41, 5.74) is 5.18. The number of aryl methyl sites for hydroxylation is 2. The van der Waals surface area contributed by atoms with Gasteiger partial charge in [0.15, 0.2) is 5.82 Å². The van der Waals surface area contributed by atoms with E-state index in [9.17, 15) is 4.79 Å². The van der Waals surface area contributed by atoms with Crippen molar-refractivity contribution in [1.82, 2.24) is 20.1 Å². The second kappa shape index (κ2) is 6.87. The molecule has 4 rings (SSSR count). The molecule has 1 aliphatic rings. The van der Waals surface area contributed by atoms with Crippen LogP contribution < -0.4 is 10.2 Å². The number of para-hydroxylation sites is 1. The lowest BCUT2D eigenvalue weighted by Crippen LogP contribution is -2.42. The highest BCUT2D eigenvalue weighted by atomic mass is 16.2. The fraction of sp³-hybridized carbons (Fsp3) is 0.286. The number of hydrogen-bond donors (Lipinski definition) is 1. The molecule has 3 aromatic rings. The van der Waals surface area contributed by atoms with Gasteiger partial charge in [-0.1, -0.05) is 24.3 Å². The average Bonchev–Trinajstić information content (AvgIpc) is 3.17. The monoisotopic (exact) mass is 361 g/mol. The van der Waals surface area contributed by atoms with Crippen LogP contribution in [0, 0.1) is 13.8 Å². The van der Waals surface area contributed by atoms with Crippen LogP contribution in [0.1, 0.15) is 29.4 Å². The number of rotatable bonds is 3. The van der Waals surface area contributed by atoms with Gasteiger partial charge in [-0.15, -0.1) is 0 Å². The van der Waals surface area contributed by atoms with Crippen LogP contribution >= 0.6 is 0 Å². The average molecular weight is 361 g/mol. The molecule has 138 valence electrons. The molecule has 0 fully saturated rings. The van der Waals surface area contributed by atoms with Crippen molar-refractivity contribution in [3.63, 3.8) is 0 Å². The van der Waals surface area contributed by atoms with E-state index in [2.05, 4.69) is 28.4 Å². The summed E-state index contributed by atoms with van der Waals surface area (Å²) in [5, 5.41) is 7.46. The van der Waals surface area contributed by atoms with Crippen LogP contribution in [0.3, 0.4) is 0 Å². The Kier molecular flexibility index (Phi) is 4.39. The van der Waals surface area contributed by atoms with Gasteiger partial charge in [-0.25, -0.2) is 14.5 Å². The molecule has 2 aromatic heterocycles. The van der Waals surface area contributed by atoms with Crippen LogP contribution in [0.5, 0.6) is 0 Å². The first-order valence-corrected chi connectivity index (χ1v) is 9.16. The maximum absolute atomic E-state index is 12.7. The number of carbonyl (C=O) groups excluding carboxylic acids is 1. The van der Waals surface area contributed by atoms with Gasteiger partial charge in [-0.05, 0) is 56.5 Å². The number of anilines is 1. The molecule has 1 aromatic carbocycles. The Morgan fingerprint density at radius 1 is 1.22 bits per heavy atom. The molecule has 1 atom stereocenters. The van der Waals surface area contributed by atoms with Crippen molar-refractivity contribution in [2.24, 2.45) is 0 Å². The molecule has 1 N–H and O–H groups in total. The third kappa shape index (κ3) is 3.30. The molecule has 1 unspecified atom stereocenters. The van der Waals surface area contributed by atoms with Crippen molar-refractivity contribution in [1.29, 1.82) is 0 Å². The minimum absolute atomic E-state index is 0.0740. The van der Waals surface area contributed by atoms with Crippen molar-refractivity contribution in [2.75, 3.05) is 4.90 Å². The molecule has 0 radical (unpaired) electrons. The molecular formula is C21H23N5O. The maximum atomic E-state index is 12.7. The van der Waals surface area contributed by atoms with Gasteiger partial charge < -0.3 is 5.32 Å². The van der Waals surface area contributed by atoms with E-state index in [4.69, 9.17) is 0 Å². The summed E-state index contributed by atoms with van der Waals surface area (Å²) >= 11 is 0. The molecule has 0 bridgehead atoms. The molecule has 1 aliphatic heterocycles. The highest BCUT2D eigenvalue weighted by Crippen LogP contribution is 2.31. The normalized spacial score (nSPS) is 15.7. The van der Waals surface area contributed by atoms with Crippen LogP contribution in [0.4, 0.5) is 10.5 Å². The Morgan fingerprint density at radius 2 is 2.04 bits per heavy atom. The molecule has 0 aliphatic carbocycles. The van der Waals surface area contributed by atoms with Crippen molar-refractivity contribution >= 4 is 11.7 Å². The topological polar surface area (TPSA) is 63.1 Å². The van der Waals surface area contributed by atoms with E-state index < -0.39 is 0 Å². The zero-order valence-corrected chi connectivity index (χ0v) is 15.8. The fourth-order valence-electron chi connectivity index (χ4n) is 3.65. The maximum Gasteiger partial charge on any atom is 0.322 e. The third-order valence-electron chi connectivity index (χ3n) is 4.91. The van der Waals surface area contributed by atoms with E-state index in [0.717, 1.165) is 34.9 Å². The van der Waals surface area contributed by atoms with E-state index in [1.165, 1.54) is 5.56 Å². The van der Waals surface area contributed by atoms with Gasteiger partial charge >= 0.3 is 6.03 Å². The van der Waals surface area contributed by atoms with Crippen LogP contribution in [0.15, 0.2) is 48.7 Å². The van der Waals surface area contributed by atoms with Crippen LogP contribution in [0.2, 0.25) is 0 Å². The molecule has 0 saturated carbocycles. The number of amides is 2. The van der Waals surface area contributed by atoms with Crippen molar-refractivity contribution in [3.8, 4) is 5.82 Å². The number of urea groups is 1. The number of pyridine rings is 1. The number of aromatic nitrogens is 3. The second-order valence-corrected chi connectivity index (χ2v) is 7.07. The smallest absolute Gasteiger partial charge is 0.322 e. The predicted molar refractivity (Wildman–Crippen MR) is 105 cm³/mol. The van der Waals surface area contributed by atoms with E-state index in [-0.39, 0.29) is 12.1 Å². The van der Waals surface area contributed by atoms with E-state index >= 15 is 0 Å². The van der Waals surface area contributed by atoms with Gasteiger partial charge in [0.05, 0.1) is 5.69 Å². The summed E-state index contributed by atoms with van der Waals surface area (Å²) in [5.74, 6) is 0.776. The summed E-state index contributed by atoms with van der Waals surface area (Å²) in [4.78, 5) is 19.0. The van der Waals surface area contributed by atoms with E-state index in [1.807, 2.05) is 59.8 Å². The summed E-state index contributed by atoms with van der Waals surface area (Å²) in [6.07, 6.45) is 2.68. The lowest BCUT2D eigenvalue weighted by Gasteiger charge is -2.23. The first-order valence-electron chi connectivity index (χ1n) is 9.16. The SMILES string of the molecule is Cc1cc(C)n(-c2ccc(CNC(=O)N3c4ccccc4CC3C)cn2)n1. The largest absolute Gasteiger partial charge is 0.334 e. The zero-order chi connectivity index (χ0) is 19.0. The molecular weight excluding hydrogens is 338 g/mol. The fourth-order valence-corrected chi connectivity index (χ4v) is 3.65. The number of nitrogens with zero attached hydrogens (tertiary/aromatic N) is 4. The van der Waals surface area contributed by atoms with Gasteiger partial charge in [0.25, 0.3) is 0 Å². The van der Waals surface area contributed by atoms with Crippen LogP contribution in [-0.2, 0) is 13.0 Å². The van der Waals surface area contributed by atoms with Crippen molar-refractivity contribution in [3.05, 3.63) is 71.2 Å². The Hall–Kier alpha value is -3.15. The minimum atomic E-state index is -0.0740. The minimum Gasteiger partial charge on any atom is -0.334 e. The first kappa shape index (κ1) is 17.3. The Labute approximate surface area is 158 Å². The van der Waals surface area contributed by atoms with Crippen molar-refractivity contribution < 1.29 is 4.79 Å². The molecule has 0 saturated heterocycles. The quantitative estimate of drug-likeness (QED) is 0.776. The Bertz CT molecular complexity index is 976. The molecule has 27 heavy (non-hydrogen) atoms. The lowest BCUT2D eigenvalue weighted by molar-refractivity contribution is 0.244. The highest BCUT2D eigenvalue weighted by molar-refractivity contribution is 5.94. The molecule has 3 heterocycles. The number of fused-ring (bicyclic) bond motifs is 1. The van der Waals surface area contributed by atoms with Gasteiger partial charge in [0.2, 0.25) is 0 Å². The van der Waals surface area contributed by atoms with E-state index in [0.29, 0.717) is 6.54 Å². The number of benzene rings is 1. The highest BCUT2D eigenvalue weighted by Gasteiger charge is 2.30. The molecule has 0 spiro atoms. The van der Waals surface area contributed by atoms with Gasteiger partial charge in [0.1, 0.15) is 0 Å². The van der Waals surface area contributed by atoms with Crippen LogP contribution in [0.25, 0.3) is 5.82 Å².